The third-order valence-corrected chi connectivity index (χ3v) is 6.29. The second-order valence-electron chi connectivity index (χ2n) is 9.39. The first-order valence-electron chi connectivity index (χ1n) is 13.3. The van der Waals surface area contributed by atoms with Crippen molar-refractivity contribution in [3.05, 3.63) is 47.1 Å². The summed E-state index contributed by atoms with van der Waals surface area (Å²) in [5.74, 6) is -4.15. The zero-order chi connectivity index (χ0) is 27.1. The van der Waals surface area contributed by atoms with Gasteiger partial charge < -0.3 is 20.3 Å². The van der Waals surface area contributed by atoms with Crippen LogP contribution in [0.1, 0.15) is 90.2 Å². The Kier molecular flexibility index (Phi) is 13.7. The molecule has 0 bridgehead atoms. The number of nitrogens with one attached hydrogen (secondary N) is 1. The molecule has 0 aliphatic carbocycles. The molecule has 3 atom stereocenters. The molecule has 1 aromatic rings. The van der Waals surface area contributed by atoms with E-state index in [1.54, 1.807) is 0 Å². The van der Waals surface area contributed by atoms with Crippen molar-refractivity contribution in [1.82, 2.24) is 9.55 Å². The first-order valence-corrected chi connectivity index (χ1v) is 13.3. The number of hydrogen-bond donors (Lipinski definition) is 3. The predicted octanol–water partition coefficient (Wildman–Crippen LogP) is 4.88. The van der Waals surface area contributed by atoms with Crippen molar-refractivity contribution in [2.24, 2.45) is 0 Å². The molecule has 0 radical (unpaired) electrons. The van der Waals surface area contributed by atoms with Crippen LogP contribution in [0.2, 0.25) is 0 Å². The number of aromatic nitrogens is 2. The molecule has 1 aromatic heterocycles. The molecule has 0 saturated carbocycles. The normalized spacial score (nSPS) is 21.3. The number of unbranched alkanes of at least 4 members (excludes halogenated alkanes) is 9. The lowest BCUT2D eigenvalue weighted by atomic mass is 10.1. The number of anilines is 1. The number of allylic oxidation sites excluding steroid dienone is 4. The van der Waals surface area contributed by atoms with Gasteiger partial charge in [0, 0.05) is 12.6 Å². The van der Waals surface area contributed by atoms with Crippen LogP contribution in [0.4, 0.5) is 14.6 Å². The van der Waals surface area contributed by atoms with Crippen LogP contribution >= 0.6 is 0 Å². The van der Waals surface area contributed by atoms with Crippen molar-refractivity contribution in [1.29, 1.82) is 0 Å². The Balaban J connectivity index is 1.61. The second-order valence-corrected chi connectivity index (χ2v) is 9.39. The smallest absolute Gasteiger partial charge is 0.351 e. The zero-order valence-corrected chi connectivity index (χ0v) is 21.7. The summed E-state index contributed by atoms with van der Waals surface area (Å²) in [5, 5.41) is 21.2. The van der Waals surface area contributed by atoms with Crippen molar-refractivity contribution in [3.8, 4) is 0 Å². The number of ether oxygens (including phenoxy) is 1. The maximum Gasteiger partial charge on any atom is 0.351 e. The number of aliphatic hydroxyl groups excluding tert-OH is 2. The van der Waals surface area contributed by atoms with Crippen LogP contribution in [0.25, 0.3) is 0 Å². The summed E-state index contributed by atoms with van der Waals surface area (Å²) in [6.07, 6.45) is 16.2. The molecule has 8 nitrogen and oxygen atoms in total. The fourth-order valence-electron chi connectivity index (χ4n) is 4.10. The highest BCUT2D eigenvalue weighted by molar-refractivity contribution is 5.89. The minimum Gasteiger partial charge on any atom is -0.394 e. The molecule has 37 heavy (non-hydrogen) atoms. The molecule has 1 amide bonds. The molecule has 1 fully saturated rings. The third-order valence-electron chi connectivity index (χ3n) is 6.29. The van der Waals surface area contributed by atoms with Gasteiger partial charge in [-0.25, -0.2) is 4.79 Å². The van der Waals surface area contributed by atoms with Crippen LogP contribution in [-0.2, 0) is 9.53 Å². The van der Waals surface area contributed by atoms with E-state index in [2.05, 4.69) is 41.5 Å². The molecular formula is C27H41F2N3O5. The lowest BCUT2D eigenvalue weighted by molar-refractivity contribution is -0.141. The number of carbonyl (C=O) groups is 1. The molecule has 2 heterocycles. The summed E-state index contributed by atoms with van der Waals surface area (Å²) in [6.45, 7) is 1.39. The Labute approximate surface area is 217 Å². The van der Waals surface area contributed by atoms with Gasteiger partial charge in [-0.2, -0.15) is 13.8 Å². The van der Waals surface area contributed by atoms with Crippen molar-refractivity contribution in [3.63, 3.8) is 0 Å². The minimum absolute atomic E-state index is 0.0476. The second kappa shape index (κ2) is 16.4. The van der Waals surface area contributed by atoms with E-state index in [0.29, 0.717) is 11.0 Å². The van der Waals surface area contributed by atoms with Gasteiger partial charge in [-0.15, -0.1) is 0 Å². The van der Waals surface area contributed by atoms with Gasteiger partial charge in [0.15, 0.2) is 6.10 Å². The summed E-state index contributed by atoms with van der Waals surface area (Å²) < 4.78 is 34.0. The SMILES string of the molecule is CCCCCC/C=C\C=C\CCCCCCCC(=O)Nc1ccn([C@@H]2O[C@H](CO)[C@@H](O)C2(F)F)c(=O)n1. The van der Waals surface area contributed by atoms with Crippen LogP contribution < -0.4 is 11.0 Å². The Bertz CT molecular complexity index is 935. The molecule has 0 spiro atoms. The minimum atomic E-state index is -3.79. The molecule has 208 valence electrons. The maximum atomic E-state index is 14.2. The van der Waals surface area contributed by atoms with E-state index in [1.807, 2.05) is 0 Å². The highest BCUT2D eigenvalue weighted by Crippen LogP contribution is 2.41. The fourth-order valence-corrected chi connectivity index (χ4v) is 4.10. The first kappa shape index (κ1) is 30.8. The van der Waals surface area contributed by atoms with Gasteiger partial charge in [-0.05, 0) is 38.2 Å². The van der Waals surface area contributed by atoms with Crippen molar-refractivity contribution in [2.45, 2.75) is 108 Å². The summed E-state index contributed by atoms with van der Waals surface area (Å²) >= 11 is 0. The lowest BCUT2D eigenvalue weighted by Gasteiger charge is -2.21. The van der Waals surface area contributed by atoms with E-state index < -0.39 is 36.7 Å². The van der Waals surface area contributed by atoms with E-state index in [4.69, 9.17) is 9.84 Å². The van der Waals surface area contributed by atoms with Crippen molar-refractivity contribution < 1.29 is 28.5 Å². The average Bonchev–Trinajstić information content (AvgIpc) is 3.09. The van der Waals surface area contributed by atoms with Gasteiger partial charge in [0.1, 0.15) is 11.9 Å². The number of carbonyl (C=O) groups excluding carboxylic acids is 1. The number of halogens is 2. The number of alkyl halides is 2. The molecule has 10 heteroatoms. The fraction of sp³-hybridized carbons (Fsp3) is 0.667. The quantitative estimate of drug-likeness (QED) is 0.197. The van der Waals surface area contributed by atoms with E-state index in [0.717, 1.165) is 44.7 Å². The summed E-state index contributed by atoms with van der Waals surface area (Å²) in [4.78, 5) is 28.0. The van der Waals surface area contributed by atoms with E-state index in [-0.39, 0.29) is 18.1 Å². The van der Waals surface area contributed by atoms with Gasteiger partial charge >= 0.3 is 11.6 Å². The lowest BCUT2D eigenvalue weighted by Crippen LogP contribution is -2.41. The van der Waals surface area contributed by atoms with Crippen LogP contribution in [0.5, 0.6) is 0 Å². The van der Waals surface area contributed by atoms with Crippen LogP contribution in [-0.4, -0.2) is 50.4 Å². The molecule has 1 aliphatic rings. The standard InChI is InChI=1S/C27H41F2N3O5/c1-2-3-4-5-6-7-8-9-10-11-12-13-14-15-16-17-23(34)30-22-18-19-32(26(36)31-22)25-27(28,29)24(35)21(20-33)37-25/h7-10,18-19,21,24-25,33,35H,2-6,11-17,20H2,1H3,(H,30,31,34,36)/b8-7-,10-9+/t21-,24-,25-/m1/s1. The molecule has 0 aromatic carbocycles. The maximum absolute atomic E-state index is 14.2. The highest BCUT2D eigenvalue weighted by Gasteiger charge is 2.59. The van der Waals surface area contributed by atoms with Gasteiger partial charge in [-0.1, -0.05) is 69.8 Å². The number of aliphatic hydroxyl groups is 2. The first-order chi connectivity index (χ1) is 17.8. The van der Waals surface area contributed by atoms with E-state index >= 15 is 0 Å². The zero-order valence-electron chi connectivity index (χ0n) is 21.7. The Hall–Kier alpha value is -2.43. The number of nitrogens with zero attached hydrogens (tertiary/aromatic N) is 2. The summed E-state index contributed by atoms with van der Waals surface area (Å²) in [7, 11) is 0. The van der Waals surface area contributed by atoms with E-state index in [1.165, 1.54) is 31.7 Å². The van der Waals surface area contributed by atoms with Crippen LogP contribution in [0.3, 0.4) is 0 Å². The number of rotatable bonds is 17. The van der Waals surface area contributed by atoms with E-state index in [9.17, 15) is 23.5 Å². The largest absolute Gasteiger partial charge is 0.394 e. The number of hydrogen-bond acceptors (Lipinski definition) is 6. The molecular weight excluding hydrogens is 484 g/mol. The molecule has 1 saturated heterocycles. The third kappa shape index (κ3) is 10.1. The summed E-state index contributed by atoms with van der Waals surface area (Å²) in [6, 6.07) is 1.21. The van der Waals surface area contributed by atoms with Gasteiger partial charge in [-0.3, -0.25) is 9.36 Å². The van der Waals surface area contributed by atoms with Gasteiger partial charge in [0.2, 0.25) is 12.1 Å². The molecule has 1 aliphatic heterocycles. The van der Waals surface area contributed by atoms with Gasteiger partial charge in [0.05, 0.1) is 6.61 Å². The molecule has 2 rings (SSSR count). The average molecular weight is 526 g/mol. The monoisotopic (exact) mass is 525 g/mol. The predicted molar refractivity (Wildman–Crippen MR) is 138 cm³/mol. The van der Waals surface area contributed by atoms with Crippen molar-refractivity contribution in [2.75, 3.05) is 11.9 Å². The van der Waals surface area contributed by atoms with Gasteiger partial charge in [0.25, 0.3) is 0 Å². The Morgan fingerprint density at radius 3 is 2.32 bits per heavy atom. The van der Waals surface area contributed by atoms with Crippen molar-refractivity contribution >= 4 is 11.7 Å². The Morgan fingerprint density at radius 1 is 1.11 bits per heavy atom. The van der Waals surface area contributed by atoms with Crippen LogP contribution in [0, 0.1) is 0 Å². The molecule has 3 N–H and O–H groups in total. The van der Waals surface area contributed by atoms with Crippen LogP contribution in [0.15, 0.2) is 41.4 Å². The number of amides is 1. The molecule has 0 unspecified atom stereocenters. The topological polar surface area (TPSA) is 114 Å². The summed E-state index contributed by atoms with van der Waals surface area (Å²) in [5.41, 5.74) is -1.07. The highest BCUT2D eigenvalue weighted by atomic mass is 19.3. The Morgan fingerprint density at radius 2 is 1.73 bits per heavy atom.